The van der Waals surface area contributed by atoms with Crippen LogP contribution in [0.1, 0.15) is 25.5 Å². The predicted molar refractivity (Wildman–Crippen MR) is 79.0 cm³/mol. The number of aromatic nitrogens is 1. The number of amides is 1. The lowest BCUT2D eigenvalue weighted by molar-refractivity contribution is -0.134. The van der Waals surface area contributed by atoms with Crippen molar-refractivity contribution in [1.29, 1.82) is 0 Å². The van der Waals surface area contributed by atoms with E-state index in [2.05, 4.69) is 16.8 Å². The van der Waals surface area contributed by atoms with Crippen molar-refractivity contribution >= 4 is 5.91 Å². The first-order valence-electron chi connectivity index (χ1n) is 7.37. The Bertz CT molecular complexity index is 415. The maximum Gasteiger partial charge on any atom is 0.239 e. The molecule has 1 aliphatic rings. The van der Waals surface area contributed by atoms with E-state index < -0.39 is 0 Å². The molecule has 0 saturated carbocycles. The van der Waals surface area contributed by atoms with Crippen molar-refractivity contribution in [1.82, 2.24) is 14.8 Å². The highest BCUT2D eigenvalue weighted by molar-refractivity contribution is 5.81. The smallest absolute Gasteiger partial charge is 0.239 e. The number of rotatable bonds is 5. The average Bonchev–Trinajstić information content (AvgIpc) is 2.48. The molecule has 0 radical (unpaired) electrons. The largest absolute Gasteiger partial charge is 0.339 e. The molecule has 20 heavy (non-hydrogen) atoms. The van der Waals surface area contributed by atoms with Crippen molar-refractivity contribution in [3.63, 3.8) is 0 Å². The first-order valence-corrected chi connectivity index (χ1v) is 7.37. The summed E-state index contributed by atoms with van der Waals surface area (Å²) >= 11 is 0. The number of piperazine rings is 1. The van der Waals surface area contributed by atoms with Crippen LogP contribution in [0.2, 0.25) is 0 Å². The van der Waals surface area contributed by atoms with E-state index in [9.17, 15) is 4.79 Å². The molecule has 1 atom stereocenters. The molecule has 0 aromatic carbocycles. The highest BCUT2D eigenvalue weighted by atomic mass is 16.2. The third-order valence-corrected chi connectivity index (χ3v) is 3.71. The number of nitrogens with two attached hydrogens (primary N) is 1. The molecule has 2 heterocycles. The molecule has 110 valence electrons. The van der Waals surface area contributed by atoms with E-state index in [4.69, 9.17) is 5.73 Å². The van der Waals surface area contributed by atoms with Crippen LogP contribution in [0.3, 0.4) is 0 Å². The van der Waals surface area contributed by atoms with Crippen LogP contribution in [0.25, 0.3) is 0 Å². The van der Waals surface area contributed by atoms with Crippen molar-refractivity contribution in [3.8, 4) is 0 Å². The van der Waals surface area contributed by atoms with Gasteiger partial charge in [-0.3, -0.25) is 14.7 Å². The van der Waals surface area contributed by atoms with E-state index in [1.165, 1.54) is 0 Å². The van der Waals surface area contributed by atoms with E-state index in [1.807, 2.05) is 29.3 Å². The van der Waals surface area contributed by atoms with Crippen LogP contribution in [-0.4, -0.2) is 52.9 Å². The van der Waals surface area contributed by atoms with E-state index in [1.54, 1.807) is 0 Å². The Morgan fingerprint density at radius 3 is 2.70 bits per heavy atom. The topological polar surface area (TPSA) is 62.5 Å². The Labute approximate surface area is 120 Å². The van der Waals surface area contributed by atoms with E-state index in [0.717, 1.165) is 51.3 Å². The van der Waals surface area contributed by atoms with Crippen molar-refractivity contribution in [2.24, 2.45) is 5.73 Å². The van der Waals surface area contributed by atoms with Gasteiger partial charge in [-0.15, -0.1) is 0 Å². The summed E-state index contributed by atoms with van der Waals surface area (Å²) < 4.78 is 0. The molecule has 1 amide bonds. The van der Waals surface area contributed by atoms with Gasteiger partial charge in [-0.1, -0.05) is 19.4 Å². The molecule has 2 rings (SSSR count). The number of hydrogen-bond donors (Lipinski definition) is 1. The average molecular weight is 276 g/mol. The highest BCUT2D eigenvalue weighted by Crippen LogP contribution is 2.08. The summed E-state index contributed by atoms with van der Waals surface area (Å²) in [5.74, 6) is 0.101. The number of carbonyl (C=O) groups excluding carboxylic acids is 1. The van der Waals surface area contributed by atoms with Crippen molar-refractivity contribution in [3.05, 3.63) is 30.1 Å². The zero-order valence-corrected chi connectivity index (χ0v) is 12.2. The second-order valence-electron chi connectivity index (χ2n) is 5.32. The summed E-state index contributed by atoms with van der Waals surface area (Å²) in [4.78, 5) is 20.7. The highest BCUT2D eigenvalue weighted by Gasteiger charge is 2.24. The van der Waals surface area contributed by atoms with Gasteiger partial charge in [0.25, 0.3) is 0 Å². The van der Waals surface area contributed by atoms with Crippen LogP contribution in [0.5, 0.6) is 0 Å². The van der Waals surface area contributed by atoms with Crippen LogP contribution < -0.4 is 5.73 Å². The molecule has 5 nitrogen and oxygen atoms in total. The van der Waals surface area contributed by atoms with E-state index in [-0.39, 0.29) is 11.9 Å². The minimum Gasteiger partial charge on any atom is -0.339 e. The molecule has 0 aliphatic carbocycles. The second-order valence-corrected chi connectivity index (χ2v) is 5.32. The lowest BCUT2D eigenvalue weighted by Crippen LogP contribution is -2.52. The van der Waals surface area contributed by atoms with Gasteiger partial charge in [0.2, 0.25) is 5.91 Å². The number of nitrogens with zero attached hydrogens (tertiary/aromatic N) is 3. The number of pyridine rings is 1. The summed E-state index contributed by atoms with van der Waals surface area (Å²) in [7, 11) is 0. The Morgan fingerprint density at radius 1 is 1.35 bits per heavy atom. The molecular formula is C15H24N4O. The first kappa shape index (κ1) is 14.9. The van der Waals surface area contributed by atoms with Crippen LogP contribution in [0.15, 0.2) is 24.4 Å². The zero-order chi connectivity index (χ0) is 14.4. The molecule has 0 spiro atoms. The van der Waals surface area contributed by atoms with Gasteiger partial charge < -0.3 is 10.6 Å². The Kier molecular flexibility index (Phi) is 5.49. The summed E-state index contributed by atoms with van der Waals surface area (Å²) in [5.41, 5.74) is 6.98. The van der Waals surface area contributed by atoms with Gasteiger partial charge in [-0.2, -0.15) is 0 Å². The lowest BCUT2D eigenvalue weighted by atomic mass is 10.1. The quantitative estimate of drug-likeness (QED) is 0.866. The Morgan fingerprint density at radius 2 is 2.10 bits per heavy atom. The molecule has 5 heteroatoms. The molecule has 0 unspecified atom stereocenters. The fourth-order valence-electron chi connectivity index (χ4n) is 2.52. The Hall–Kier alpha value is -1.46. The fourth-order valence-corrected chi connectivity index (χ4v) is 2.52. The molecule has 1 fully saturated rings. The monoisotopic (exact) mass is 276 g/mol. The van der Waals surface area contributed by atoms with Crippen LogP contribution in [-0.2, 0) is 11.3 Å². The maximum absolute atomic E-state index is 12.1. The fraction of sp³-hybridized carbons (Fsp3) is 0.600. The van der Waals surface area contributed by atoms with Crippen molar-refractivity contribution < 1.29 is 4.79 Å². The second kappa shape index (κ2) is 7.36. The molecular weight excluding hydrogens is 252 g/mol. The van der Waals surface area contributed by atoms with Crippen LogP contribution >= 0.6 is 0 Å². The van der Waals surface area contributed by atoms with E-state index in [0.29, 0.717) is 0 Å². The predicted octanol–water partition coefficient (Wildman–Crippen LogP) is 0.853. The van der Waals surface area contributed by atoms with Gasteiger partial charge in [-0.05, 0) is 18.6 Å². The van der Waals surface area contributed by atoms with Crippen molar-refractivity contribution in [2.75, 3.05) is 26.2 Å². The van der Waals surface area contributed by atoms with Crippen LogP contribution in [0, 0.1) is 0 Å². The van der Waals surface area contributed by atoms with Gasteiger partial charge in [0, 0.05) is 38.9 Å². The molecule has 1 aromatic rings. The van der Waals surface area contributed by atoms with Gasteiger partial charge in [0.15, 0.2) is 0 Å². The maximum atomic E-state index is 12.1. The molecule has 1 saturated heterocycles. The molecule has 1 aliphatic heterocycles. The summed E-state index contributed by atoms with van der Waals surface area (Å²) in [6.07, 6.45) is 3.54. The molecule has 0 bridgehead atoms. The molecule has 2 N–H and O–H groups in total. The van der Waals surface area contributed by atoms with Gasteiger partial charge >= 0.3 is 0 Å². The summed E-state index contributed by atoms with van der Waals surface area (Å²) in [6, 6.07) is 5.64. The minimum absolute atomic E-state index is 0.101. The van der Waals surface area contributed by atoms with Crippen molar-refractivity contribution in [2.45, 2.75) is 32.4 Å². The first-order chi connectivity index (χ1) is 9.70. The third-order valence-electron chi connectivity index (χ3n) is 3.71. The van der Waals surface area contributed by atoms with Gasteiger partial charge in [-0.25, -0.2) is 0 Å². The normalized spacial score (nSPS) is 18.0. The number of carbonyl (C=O) groups is 1. The standard InChI is InChI=1S/C15H24N4O/c1-2-5-14(16)15(20)19-10-8-18(9-11-19)12-13-6-3-4-7-17-13/h3-4,6-7,14H,2,5,8-12,16H2,1H3/t14-/m1/s1. The number of hydrogen-bond acceptors (Lipinski definition) is 4. The van der Waals surface area contributed by atoms with Crippen LogP contribution in [0.4, 0.5) is 0 Å². The minimum atomic E-state index is -0.331. The zero-order valence-electron chi connectivity index (χ0n) is 12.2. The SMILES string of the molecule is CCC[C@@H](N)C(=O)N1CCN(Cc2ccccn2)CC1. The van der Waals surface area contributed by atoms with Gasteiger partial charge in [0.1, 0.15) is 0 Å². The summed E-state index contributed by atoms with van der Waals surface area (Å²) in [6.45, 7) is 6.22. The third kappa shape index (κ3) is 4.02. The van der Waals surface area contributed by atoms with E-state index >= 15 is 0 Å². The molecule has 1 aromatic heterocycles. The van der Waals surface area contributed by atoms with Gasteiger partial charge in [0.05, 0.1) is 11.7 Å². The Balaban J connectivity index is 1.79. The summed E-state index contributed by atoms with van der Waals surface area (Å²) in [5, 5.41) is 0. The lowest BCUT2D eigenvalue weighted by Gasteiger charge is -2.35.